The van der Waals surface area contributed by atoms with E-state index in [9.17, 15) is 0 Å². The SMILES string of the molecule is Clc1cccc(-n2ccc([C@H]3OCCN3Cc3ccccc3)c2)c1. The van der Waals surface area contributed by atoms with E-state index in [1.165, 1.54) is 11.1 Å². The summed E-state index contributed by atoms with van der Waals surface area (Å²) in [6, 6.07) is 20.5. The molecular weight excluding hydrogens is 320 g/mol. The maximum absolute atomic E-state index is 6.10. The lowest BCUT2D eigenvalue weighted by Gasteiger charge is -2.22. The molecule has 1 saturated heterocycles. The lowest BCUT2D eigenvalue weighted by Crippen LogP contribution is -2.23. The molecule has 0 bridgehead atoms. The first-order valence-corrected chi connectivity index (χ1v) is 8.51. The fraction of sp³-hybridized carbons (Fsp3) is 0.200. The van der Waals surface area contributed by atoms with E-state index in [2.05, 4.69) is 52.2 Å². The summed E-state index contributed by atoms with van der Waals surface area (Å²) in [5.74, 6) is 0. The van der Waals surface area contributed by atoms with Crippen LogP contribution in [0.2, 0.25) is 5.02 Å². The molecule has 0 amide bonds. The molecule has 122 valence electrons. The normalized spacial score (nSPS) is 18.1. The molecule has 0 unspecified atom stereocenters. The van der Waals surface area contributed by atoms with Crippen molar-refractivity contribution in [3.8, 4) is 5.69 Å². The summed E-state index contributed by atoms with van der Waals surface area (Å²) in [6.45, 7) is 2.61. The number of hydrogen-bond acceptors (Lipinski definition) is 2. The second-order valence-electron chi connectivity index (χ2n) is 6.01. The van der Waals surface area contributed by atoms with Crippen molar-refractivity contribution in [2.75, 3.05) is 13.2 Å². The van der Waals surface area contributed by atoms with Gasteiger partial charge in [0.05, 0.1) is 6.61 Å². The largest absolute Gasteiger partial charge is 0.357 e. The zero-order chi connectivity index (χ0) is 16.4. The van der Waals surface area contributed by atoms with E-state index in [-0.39, 0.29) is 6.23 Å². The highest BCUT2D eigenvalue weighted by Crippen LogP contribution is 2.29. The van der Waals surface area contributed by atoms with Crippen LogP contribution < -0.4 is 0 Å². The van der Waals surface area contributed by atoms with E-state index in [1.807, 2.05) is 30.3 Å². The molecule has 0 spiro atoms. The van der Waals surface area contributed by atoms with Crippen LogP contribution in [0.5, 0.6) is 0 Å². The van der Waals surface area contributed by atoms with Gasteiger partial charge in [-0.15, -0.1) is 0 Å². The highest BCUT2D eigenvalue weighted by Gasteiger charge is 2.27. The van der Waals surface area contributed by atoms with E-state index in [4.69, 9.17) is 16.3 Å². The predicted octanol–water partition coefficient (Wildman–Crippen LogP) is 4.66. The molecule has 0 radical (unpaired) electrons. The van der Waals surface area contributed by atoms with Crippen molar-refractivity contribution in [2.45, 2.75) is 12.8 Å². The molecule has 3 aromatic rings. The molecule has 2 aromatic carbocycles. The van der Waals surface area contributed by atoms with Gasteiger partial charge < -0.3 is 9.30 Å². The molecule has 1 aromatic heterocycles. The molecule has 1 atom stereocenters. The van der Waals surface area contributed by atoms with Gasteiger partial charge in [-0.05, 0) is 29.8 Å². The molecule has 3 nitrogen and oxygen atoms in total. The minimum absolute atomic E-state index is 0.00522. The van der Waals surface area contributed by atoms with Crippen molar-refractivity contribution >= 4 is 11.6 Å². The Labute approximate surface area is 147 Å². The van der Waals surface area contributed by atoms with Crippen LogP contribution in [0, 0.1) is 0 Å². The number of nitrogens with zero attached hydrogens (tertiary/aromatic N) is 2. The van der Waals surface area contributed by atoms with Gasteiger partial charge in [0, 0.05) is 41.8 Å². The average Bonchev–Trinajstić information content (AvgIpc) is 3.25. The van der Waals surface area contributed by atoms with Crippen LogP contribution in [0.4, 0.5) is 0 Å². The Bertz CT molecular complexity index is 815. The summed E-state index contributed by atoms with van der Waals surface area (Å²) in [4.78, 5) is 2.37. The first-order chi connectivity index (χ1) is 11.8. The third-order valence-corrected chi connectivity index (χ3v) is 4.56. The van der Waals surface area contributed by atoms with E-state index in [0.29, 0.717) is 0 Å². The van der Waals surface area contributed by atoms with Gasteiger partial charge in [0.1, 0.15) is 6.23 Å². The Balaban J connectivity index is 1.55. The summed E-state index contributed by atoms with van der Waals surface area (Å²) in [6.07, 6.45) is 4.19. The quantitative estimate of drug-likeness (QED) is 0.688. The Hall–Kier alpha value is -2.07. The topological polar surface area (TPSA) is 17.4 Å². The zero-order valence-electron chi connectivity index (χ0n) is 13.3. The molecule has 24 heavy (non-hydrogen) atoms. The van der Waals surface area contributed by atoms with Gasteiger partial charge in [-0.2, -0.15) is 0 Å². The van der Waals surface area contributed by atoms with Crippen molar-refractivity contribution < 1.29 is 4.74 Å². The standard InChI is InChI=1S/C20H19ClN2O/c21-18-7-4-8-19(13-18)22-10-9-17(15-22)20-23(11-12-24-20)14-16-5-2-1-3-6-16/h1-10,13,15,20H,11-12,14H2/t20-/m1/s1. The van der Waals surface area contributed by atoms with Crippen LogP contribution in [0.1, 0.15) is 17.4 Å². The highest BCUT2D eigenvalue weighted by atomic mass is 35.5. The van der Waals surface area contributed by atoms with Crippen molar-refractivity contribution in [3.63, 3.8) is 0 Å². The number of benzene rings is 2. The van der Waals surface area contributed by atoms with E-state index in [0.717, 1.165) is 30.4 Å². The molecule has 0 N–H and O–H groups in total. The summed E-state index contributed by atoms with van der Waals surface area (Å²) in [5.41, 5.74) is 3.53. The average molecular weight is 339 g/mol. The van der Waals surface area contributed by atoms with Crippen molar-refractivity contribution in [2.24, 2.45) is 0 Å². The fourth-order valence-electron chi connectivity index (χ4n) is 3.15. The highest BCUT2D eigenvalue weighted by molar-refractivity contribution is 6.30. The molecule has 0 saturated carbocycles. The molecule has 4 heteroatoms. The van der Waals surface area contributed by atoms with Gasteiger partial charge in [0.2, 0.25) is 0 Å². The number of aromatic nitrogens is 1. The molecule has 4 rings (SSSR count). The molecule has 1 aliphatic rings. The Morgan fingerprint density at radius 2 is 1.92 bits per heavy atom. The van der Waals surface area contributed by atoms with E-state index in [1.54, 1.807) is 0 Å². The maximum Gasteiger partial charge on any atom is 0.138 e. The smallest absolute Gasteiger partial charge is 0.138 e. The van der Waals surface area contributed by atoms with E-state index >= 15 is 0 Å². The van der Waals surface area contributed by atoms with E-state index < -0.39 is 0 Å². The third-order valence-electron chi connectivity index (χ3n) is 4.32. The van der Waals surface area contributed by atoms with Crippen molar-refractivity contribution in [1.82, 2.24) is 9.47 Å². The number of ether oxygens (including phenoxy) is 1. The summed E-state index contributed by atoms with van der Waals surface area (Å²) in [7, 11) is 0. The first kappa shape index (κ1) is 15.5. The van der Waals surface area contributed by atoms with Crippen LogP contribution in [-0.4, -0.2) is 22.6 Å². The predicted molar refractivity (Wildman–Crippen MR) is 96.3 cm³/mol. The number of rotatable bonds is 4. The molecule has 2 heterocycles. The zero-order valence-corrected chi connectivity index (χ0v) is 14.1. The number of halogens is 1. The number of hydrogen-bond donors (Lipinski definition) is 0. The van der Waals surface area contributed by atoms with Crippen LogP contribution >= 0.6 is 11.6 Å². The Morgan fingerprint density at radius 1 is 1.04 bits per heavy atom. The Kier molecular flexibility index (Phi) is 4.39. The van der Waals surface area contributed by atoms with Gasteiger partial charge in [0.15, 0.2) is 0 Å². The lowest BCUT2D eigenvalue weighted by atomic mass is 10.2. The Morgan fingerprint density at radius 3 is 2.75 bits per heavy atom. The van der Waals surface area contributed by atoms with Crippen molar-refractivity contribution in [3.05, 3.63) is 89.2 Å². The third kappa shape index (κ3) is 3.24. The molecule has 1 fully saturated rings. The minimum Gasteiger partial charge on any atom is -0.357 e. The second kappa shape index (κ2) is 6.81. The van der Waals surface area contributed by atoms with Gasteiger partial charge >= 0.3 is 0 Å². The minimum atomic E-state index is 0.00522. The van der Waals surface area contributed by atoms with Gasteiger partial charge in [-0.3, -0.25) is 4.90 Å². The lowest BCUT2D eigenvalue weighted by molar-refractivity contribution is 0.0288. The van der Waals surface area contributed by atoms with Crippen molar-refractivity contribution in [1.29, 1.82) is 0 Å². The van der Waals surface area contributed by atoms with Crippen LogP contribution in [0.25, 0.3) is 5.69 Å². The fourth-order valence-corrected chi connectivity index (χ4v) is 3.33. The van der Waals surface area contributed by atoms with Gasteiger partial charge in [-0.1, -0.05) is 48.0 Å². The van der Waals surface area contributed by atoms with Crippen LogP contribution in [-0.2, 0) is 11.3 Å². The first-order valence-electron chi connectivity index (χ1n) is 8.13. The summed E-state index contributed by atoms with van der Waals surface area (Å²) >= 11 is 6.10. The van der Waals surface area contributed by atoms with Gasteiger partial charge in [-0.25, -0.2) is 0 Å². The second-order valence-corrected chi connectivity index (χ2v) is 6.45. The monoisotopic (exact) mass is 338 g/mol. The molecular formula is C20H19ClN2O. The maximum atomic E-state index is 6.10. The molecule has 0 aliphatic carbocycles. The molecule has 1 aliphatic heterocycles. The van der Waals surface area contributed by atoms with Crippen LogP contribution in [0.3, 0.4) is 0 Å². The van der Waals surface area contributed by atoms with Crippen LogP contribution in [0.15, 0.2) is 73.1 Å². The summed E-state index contributed by atoms with van der Waals surface area (Å²) < 4.78 is 8.07. The van der Waals surface area contributed by atoms with Gasteiger partial charge in [0.25, 0.3) is 0 Å². The summed E-state index contributed by atoms with van der Waals surface area (Å²) in [5, 5.41) is 0.741.